The van der Waals surface area contributed by atoms with Crippen molar-refractivity contribution in [2.24, 2.45) is 4.99 Å². The molecule has 0 bridgehead atoms. The Morgan fingerprint density at radius 1 is 1.16 bits per heavy atom. The number of anilines is 1. The Bertz CT molecular complexity index is 868. The van der Waals surface area contributed by atoms with Crippen LogP contribution in [0.15, 0.2) is 41.4 Å². The van der Waals surface area contributed by atoms with Crippen LogP contribution < -0.4 is 25.4 Å². The molecule has 7 nitrogen and oxygen atoms in total. The Morgan fingerprint density at radius 3 is 2.65 bits per heavy atom. The van der Waals surface area contributed by atoms with E-state index in [0.717, 1.165) is 41.7 Å². The monoisotopic (exact) mass is 426 g/mol. The largest absolute Gasteiger partial charge is 0.494 e. The molecule has 0 fully saturated rings. The van der Waals surface area contributed by atoms with Gasteiger partial charge in [-0.3, -0.25) is 4.99 Å². The van der Waals surface area contributed by atoms with Crippen molar-refractivity contribution >= 4 is 11.6 Å². The van der Waals surface area contributed by atoms with Crippen LogP contribution in [0.2, 0.25) is 0 Å². The van der Waals surface area contributed by atoms with Gasteiger partial charge in [-0.2, -0.15) is 0 Å². The van der Waals surface area contributed by atoms with Gasteiger partial charge >= 0.3 is 0 Å². The lowest BCUT2D eigenvalue weighted by molar-refractivity contribution is 0.211. The van der Waals surface area contributed by atoms with E-state index in [4.69, 9.17) is 14.2 Å². The SMILES string of the molecule is CCOc1cc2c(cc1CNC(=NC)NCc1ccc(NCCOC)cc1)OC(C)C2. The summed E-state index contributed by atoms with van der Waals surface area (Å²) >= 11 is 0. The van der Waals surface area contributed by atoms with Crippen molar-refractivity contribution in [1.82, 2.24) is 10.6 Å². The van der Waals surface area contributed by atoms with E-state index in [1.807, 2.05) is 6.92 Å². The van der Waals surface area contributed by atoms with Crippen LogP contribution in [0, 0.1) is 0 Å². The maximum Gasteiger partial charge on any atom is 0.191 e. The molecule has 31 heavy (non-hydrogen) atoms. The molecule has 0 saturated heterocycles. The maximum atomic E-state index is 5.92. The normalized spacial score (nSPS) is 15.2. The second-order valence-electron chi connectivity index (χ2n) is 7.53. The second kappa shape index (κ2) is 11.5. The third-order valence-corrected chi connectivity index (χ3v) is 5.10. The molecule has 1 heterocycles. The topological polar surface area (TPSA) is 76.1 Å². The molecule has 0 saturated carbocycles. The molecule has 0 aromatic heterocycles. The van der Waals surface area contributed by atoms with Gasteiger partial charge in [-0.25, -0.2) is 0 Å². The Labute approximate surface area is 185 Å². The predicted octanol–water partition coefficient (Wildman–Crippen LogP) is 3.33. The number of benzene rings is 2. The van der Waals surface area contributed by atoms with Crippen molar-refractivity contribution in [1.29, 1.82) is 0 Å². The van der Waals surface area contributed by atoms with E-state index in [0.29, 0.717) is 26.3 Å². The summed E-state index contributed by atoms with van der Waals surface area (Å²) in [6, 6.07) is 12.5. The average Bonchev–Trinajstić information content (AvgIpc) is 3.14. The maximum absolute atomic E-state index is 5.92. The summed E-state index contributed by atoms with van der Waals surface area (Å²) in [4.78, 5) is 4.34. The van der Waals surface area contributed by atoms with Crippen LogP contribution >= 0.6 is 0 Å². The molecule has 168 valence electrons. The lowest BCUT2D eigenvalue weighted by atomic mass is 10.1. The van der Waals surface area contributed by atoms with Crippen LogP contribution in [-0.2, 0) is 24.2 Å². The smallest absolute Gasteiger partial charge is 0.191 e. The Hall–Kier alpha value is -2.93. The standard InChI is InChI=1S/C24H34N4O3/c1-5-30-22-13-19-12-17(2)31-23(19)14-20(22)16-28-24(25-3)27-15-18-6-8-21(9-7-18)26-10-11-29-4/h6-9,13-14,17,26H,5,10-12,15-16H2,1-4H3,(H2,25,27,28). The van der Waals surface area contributed by atoms with E-state index >= 15 is 0 Å². The highest BCUT2D eigenvalue weighted by Crippen LogP contribution is 2.35. The number of rotatable bonds is 10. The molecule has 1 aliphatic heterocycles. The van der Waals surface area contributed by atoms with Crippen molar-refractivity contribution < 1.29 is 14.2 Å². The Balaban J connectivity index is 1.54. The molecule has 1 aliphatic rings. The minimum absolute atomic E-state index is 0.212. The number of ether oxygens (including phenoxy) is 3. The van der Waals surface area contributed by atoms with Crippen LogP contribution in [0.3, 0.4) is 0 Å². The Kier molecular flexibility index (Phi) is 8.41. The van der Waals surface area contributed by atoms with Gasteiger partial charge in [0.2, 0.25) is 0 Å². The summed E-state index contributed by atoms with van der Waals surface area (Å²) in [5, 5.41) is 10.1. The third-order valence-electron chi connectivity index (χ3n) is 5.10. The zero-order chi connectivity index (χ0) is 22.1. The minimum atomic E-state index is 0.212. The van der Waals surface area contributed by atoms with Crippen LogP contribution in [0.1, 0.15) is 30.5 Å². The van der Waals surface area contributed by atoms with Gasteiger partial charge in [-0.1, -0.05) is 12.1 Å². The van der Waals surface area contributed by atoms with Crippen molar-refractivity contribution in [2.75, 3.05) is 39.2 Å². The van der Waals surface area contributed by atoms with Crippen molar-refractivity contribution in [2.45, 2.75) is 39.5 Å². The van der Waals surface area contributed by atoms with Crippen LogP contribution in [-0.4, -0.2) is 46.0 Å². The molecule has 1 atom stereocenters. The fraction of sp³-hybridized carbons (Fsp3) is 0.458. The van der Waals surface area contributed by atoms with Crippen LogP contribution in [0.5, 0.6) is 11.5 Å². The zero-order valence-electron chi connectivity index (χ0n) is 19.0. The molecule has 0 radical (unpaired) electrons. The number of methoxy groups -OCH3 is 1. The predicted molar refractivity (Wildman–Crippen MR) is 125 cm³/mol. The molecular formula is C24H34N4O3. The van der Waals surface area contributed by atoms with Gasteiger partial charge in [-0.05, 0) is 43.7 Å². The zero-order valence-corrected chi connectivity index (χ0v) is 19.0. The molecule has 7 heteroatoms. The van der Waals surface area contributed by atoms with Crippen LogP contribution in [0.4, 0.5) is 5.69 Å². The first-order valence-corrected chi connectivity index (χ1v) is 10.8. The van der Waals surface area contributed by atoms with E-state index in [1.165, 1.54) is 11.1 Å². The quantitative estimate of drug-likeness (QED) is 0.307. The number of guanidine groups is 1. The second-order valence-corrected chi connectivity index (χ2v) is 7.53. The van der Waals surface area contributed by atoms with Gasteiger partial charge in [0, 0.05) is 57.0 Å². The molecule has 3 N–H and O–H groups in total. The van der Waals surface area contributed by atoms with Gasteiger partial charge in [0.05, 0.1) is 13.2 Å². The molecule has 0 aliphatic carbocycles. The summed E-state index contributed by atoms with van der Waals surface area (Å²) in [6.45, 7) is 7.48. The highest BCUT2D eigenvalue weighted by atomic mass is 16.5. The summed E-state index contributed by atoms with van der Waals surface area (Å²) in [7, 11) is 3.47. The number of hydrogen-bond acceptors (Lipinski definition) is 5. The van der Waals surface area contributed by atoms with Crippen molar-refractivity contribution in [3.05, 3.63) is 53.1 Å². The van der Waals surface area contributed by atoms with Crippen LogP contribution in [0.25, 0.3) is 0 Å². The first-order valence-electron chi connectivity index (χ1n) is 10.8. The number of aliphatic imine (C=N–C) groups is 1. The lowest BCUT2D eigenvalue weighted by Gasteiger charge is -2.16. The molecule has 1 unspecified atom stereocenters. The van der Waals surface area contributed by atoms with Gasteiger partial charge in [0.1, 0.15) is 17.6 Å². The van der Waals surface area contributed by atoms with Gasteiger partial charge in [0.15, 0.2) is 5.96 Å². The first kappa shape index (κ1) is 22.7. The Morgan fingerprint density at radius 2 is 1.94 bits per heavy atom. The third kappa shape index (κ3) is 6.52. The summed E-state index contributed by atoms with van der Waals surface area (Å²) in [5.74, 6) is 2.59. The van der Waals surface area contributed by atoms with Gasteiger partial charge < -0.3 is 30.2 Å². The lowest BCUT2D eigenvalue weighted by Crippen LogP contribution is -2.36. The average molecular weight is 427 g/mol. The molecule has 2 aromatic rings. The summed E-state index contributed by atoms with van der Waals surface area (Å²) in [5.41, 5.74) is 4.53. The van der Waals surface area contributed by atoms with Crippen molar-refractivity contribution in [3.8, 4) is 11.5 Å². The highest BCUT2D eigenvalue weighted by molar-refractivity contribution is 5.79. The van der Waals surface area contributed by atoms with E-state index in [-0.39, 0.29) is 6.10 Å². The van der Waals surface area contributed by atoms with E-state index in [9.17, 15) is 0 Å². The fourth-order valence-corrected chi connectivity index (χ4v) is 3.53. The number of nitrogens with zero attached hydrogens (tertiary/aromatic N) is 1. The van der Waals surface area contributed by atoms with Gasteiger partial charge in [-0.15, -0.1) is 0 Å². The number of nitrogens with one attached hydrogen (secondary N) is 3. The van der Waals surface area contributed by atoms with E-state index in [2.05, 4.69) is 64.3 Å². The minimum Gasteiger partial charge on any atom is -0.494 e. The fourth-order valence-electron chi connectivity index (χ4n) is 3.53. The number of fused-ring (bicyclic) bond motifs is 1. The first-order chi connectivity index (χ1) is 15.1. The van der Waals surface area contributed by atoms with E-state index in [1.54, 1.807) is 14.2 Å². The molecule has 0 spiro atoms. The van der Waals surface area contributed by atoms with Gasteiger partial charge in [0.25, 0.3) is 0 Å². The molecule has 0 amide bonds. The number of hydrogen-bond donors (Lipinski definition) is 3. The highest BCUT2D eigenvalue weighted by Gasteiger charge is 2.21. The summed E-state index contributed by atoms with van der Waals surface area (Å²) in [6.07, 6.45) is 1.14. The molecule has 3 rings (SSSR count). The molecular weight excluding hydrogens is 392 g/mol. The molecule has 2 aromatic carbocycles. The van der Waals surface area contributed by atoms with E-state index < -0.39 is 0 Å². The van der Waals surface area contributed by atoms with Crippen molar-refractivity contribution in [3.63, 3.8) is 0 Å². The summed E-state index contributed by atoms with van der Waals surface area (Å²) < 4.78 is 16.8.